The van der Waals surface area contributed by atoms with E-state index in [-0.39, 0.29) is 17.2 Å². The van der Waals surface area contributed by atoms with E-state index < -0.39 is 0 Å². The summed E-state index contributed by atoms with van der Waals surface area (Å²) in [5.74, 6) is 0.364. The molecule has 0 N–H and O–H groups in total. The highest BCUT2D eigenvalue weighted by Gasteiger charge is 2.41. The summed E-state index contributed by atoms with van der Waals surface area (Å²) < 4.78 is 5.13. The van der Waals surface area contributed by atoms with Gasteiger partial charge in [-0.15, -0.1) is 0 Å². The van der Waals surface area contributed by atoms with Crippen LogP contribution >= 0.6 is 0 Å². The normalized spacial score (nSPS) is 20.2. The molecule has 0 unspecified atom stereocenters. The third-order valence-electron chi connectivity index (χ3n) is 5.69. The van der Waals surface area contributed by atoms with Crippen LogP contribution in [0.25, 0.3) is 0 Å². The summed E-state index contributed by atoms with van der Waals surface area (Å²) in [4.78, 5) is 28.8. The van der Waals surface area contributed by atoms with Gasteiger partial charge in [0.2, 0.25) is 5.91 Å². The molecule has 0 bridgehead atoms. The van der Waals surface area contributed by atoms with E-state index >= 15 is 0 Å². The Balaban J connectivity index is 1.61. The smallest absolute Gasteiger partial charge is 0.253 e. The van der Waals surface area contributed by atoms with Gasteiger partial charge in [0.15, 0.2) is 0 Å². The second-order valence-corrected chi connectivity index (χ2v) is 7.47. The van der Waals surface area contributed by atoms with Crippen molar-refractivity contribution in [3.8, 4) is 0 Å². The number of hydrogen-bond donors (Lipinski definition) is 0. The molecule has 2 fully saturated rings. The molecule has 0 aliphatic carbocycles. The van der Waals surface area contributed by atoms with Crippen molar-refractivity contribution >= 4 is 11.8 Å². The van der Waals surface area contributed by atoms with E-state index in [1.165, 1.54) is 0 Å². The van der Waals surface area contributed by atoms with Crippen LogP contribution in [0.15, 0.2) is 24.3 Å². The van der Waals surface area contributed by atoms with Crippen LogP contribution in [0.1, 0.15) is 41.6 Å². The van der Waals surface area contributed by atoms with Gasteiger partial charge in [0, 0.05) is 45.3 Å². The standard InChI is InChI=1S/C20H28N2O3/c1-16-4-3-5-17(14-16)19(24)21-10-8-20(9-11-21)7-6-18(23)22(15-20)12-13-25-2/h3-5,14H,6-13,15H2,1-2H3. The molecule has 2 saturated heterocycles. The second kappa shape index (κ2) is 7.56. The summed E-state index contributed by atoms with van der Waals surface area (Å²) in [6.45, 7) is 5.62. The number of carbonyl (C=O) groups excluding carboxylic acids is 2. The summed E-state index contributed by atoms with van der Waals surface area (Å²) in [6.07, 6.45) is 3.51. The van der Waals surface area contributed by atoms with Gasteiger partial charge in [-0.1, -0.05) is 17.7 Å². The zero-order valence-corrected chi connectivity index (χ0v) is 15.3. The Labute approximate surface area is 149 Å². The predicted octanol–water partition coefficient (Wildman–Crippen LogP) is 2.49. The van der Waals surface area contributed by atoms with Crippen molar-refractivity contribution in [2.75, 3.05) is 39.9 Å². The maximum absolute atomic E-state index is 12.7. The van der Waals surface area contributed by atoms with Gasteiger partial charge in [0.25, 0.3) is 5.91 Å². The van der Waals surface area contributed by atoms with Crippen LogP contribution in [0, 0.1) is 12.3 Å². The van der Waals surface area contributed by atoms with E-state index in [0.717, 1.165) is 50.0 Å². The minimum atomic E-state index is 0.127. The van der Waals surface area contributed by atoms with Crippen LogP contribution in [0.5, 0.6) is 0 Å². The molecule has 0 saturated carbocycles. The Hall–Kier alpha value is -1.88. The molecule has 1 aromatic rings. The summed E-state index contributed by atoms with van der Waals surface area (Å²) in [5, 5.41) is 0. The lowest BCUT2D eigenvalue weighted by Crippen LogP contribution is -2.52. The van der Waals surface area contributed by atoms with Crippen LogP contribution in [-0.2, 0) is 9.53 Å². The van der Waals surface area contributed by atoms with Crippen molar-refractivity contribution in [3.63, 3.8) is 0 Å². The highest BCUT2D eigenvalue weighted by atomic mass is 16.5. The topological polar surface area (TPSA) is 49.9 Å². The lowest BCUT2D eigenvalue weighted by molar-refractivity contribution is -0.139. The average molecular weight is 344 g/mol. The number of carbonyl (C=O) groups is 2. The van der Waals surface area contributed by atoms with Crippen LogP contribution < -0.4 is 0 Å². The van der Waals surface area contributed by atoms with Crippen molar-refractivity contribution in [2.45, 2.75) is 32.6 Å². The summed E-state index contributed by atoms with van der Waals surface area (Å²) in [5.41, 5.74) is 2.06. The Bertz CT molecular complexity index is 636. The number of nitrogens with zero attached hydrogens (tertiary/aromatic N) is 2. The van der Waals surface area contributed by atoms with Gasteiger partial charge in [-0.05, 0) is 43.7 Å². The van der Waals surface area contributed by atoms with E-state index in [9.17, 15) is 9.59 Å². The first-order chi connectivity index (χ1) is 12.0. The Morgan fingerprint density at radius 1 is 1.24 bits per heavy atom. The van der Waals surface area contributed by atoms with Gasteiger partial charge in [0.1, 0.15) is 0 Å². The minimum Gasteiger partial charge on any atom is -0.383 e. The SMILES string of the molecule is COCCN1CC2(CCC1=O)CCN(C(=O)c1cccc(C)c1)CC2. The molecular weight excluding hydrogens is 316 g/mol. The lowest BCUT2D eigenvalue weighted by atomic mass is 9.72. The number of methoxy groups -OCH3 is 1. The molecule has 2 aliphatic heterocycles. The number of benzene rings is 1. The van der Waals surface area contributed by atoms with Crippen LogP contribution in [-0.4, -0.2) is 61.5 Å². The predicted molar refractivity (Wildman–Crippen MR) is 96.4 cm³/mol. The molecule has 25 heavy (non-hydrogen) atoms. The van der Waals surface area contributed by atoms with Crippen molar-refractivity contribution in [1.82, 2.24) is 9.80 Å². The number of ether oxygens (including phenoxy) is 1. The van der Waals surface area contributed by atoms with Gasteiger partial charge in [0.05, 0.1) is 6.61 Å². The third kappa shape index (κ3) is 4.03. The largest absolute Gasteiger partial charge is 0.383 e. The molecule has 5 heteroatoms. The van der Waals surface area contributed by atoms with Crippen molar-refractivity contribution in [1.29, 1.82) is 0 Å². The quantitative estimate of drug-likeness (QED) is 0.843. The van der Waals surface area contributed by atoms with Gasteiger partial charge >= 0.3 is 0 Å². The second-order valence-electron chi connectivity index (χ2n) is 7.47. The average Bonchev–Trinajstić information content (AvgIpc) is 2.63. The van der Waals surface area contributed by atoms with Gasteiger partial charge in [-0.3, -0.25) is 9.59 Å². The van der Waals surface area contributed by atoms with E-state index in [2.05, 4.69) is 0 Å². The maximum atomic E-state index is 12.7. The number of hydrogen-bond acceptors (Lipinski definition) is 3. The summed E-state index contributed by atoms with van der Waals surface area (Å²) in [7, 11) is 1.67. The van der Waals surface area contributed by atoms with Gasteiger partial charge in [-0.2, -0.15) is 0 Å². The maximum Gasteiger partial charge on any atom is 0.253 e. The molecular formula is C20H28N2O3. The highest BCUT2D eigenvalue weighted by molar-refractivity contribution is 5.94. The minimum absolute atomic E-state index is 0.127. The number of amides is 2. The van der Waals surface area contributed by atoms with Crippen molar-refractivity contribution < 1.29 is 14.3 Å². The number of likely N-dealkylation sites (tertiary alicyclic amines) is 2. The zero-order chi connectivity index (χ0) is 17.9. The van der Waals surface area contributed by atoms with Crippen LogP contribution in [0.3, 0.4) is 0 Å². The number of rotatable bonds is 4. The molecule has 2 aliphatic rings. The third-order valence-corrected chi connectivity index (χ3v) is 5.69. The van der Waals surface area contributed by atoms with E-state index in [1.807, 2.05) is 41.0 Å². The van der Waals surface area contributed by atoms with Crippen LogP contribution in [0.2, 0.25) is 0 Å². The molecule has 5 nitrogen and oxygen atoms in total. The van der Waals surface area contributed by atoms with Gasteiger partial charge in [-0.25, -0.2) is 0 Å². The molecule has 3 rings (SSSR count). The molecule has 1 aromatic carbocycles. The van der Waals surface area contributed by atoms with Crippen LogP contribution in [0.4, 0.5) is 0 Å². The molecule has 0 aromatic heterocycles. The first-order valence-corrected chi connectivity index (χ1v) is 9.16. The zero-order valence-electron chi connectivity index (χ0n) is 15.3. The molecule has 2 heterocycles. The van der Waals surface area contributed by atoms with Crippen molar-refractivity contribution in [2.24, 2.45) is 5.41 Å². The lowest BCUT2D eigenvalue weighted by Gasteiger charge is -2.47. The fourth-order valence-electron chi connectivity index (χ4n) is 4.06. The van der Waals surface area contributed by atoms with E-state index in [1.54, 1.807) is 7.11 Å². The molecule has 0 atom stereocenters. The molecule has 136 valence electrons. The highest BCUT2D eigenvalue weighted by Crippen LogP contribution is 2.40. The van der Waals surface area contributed by atoms with E-state index in [4.69, 9.17) is 4.74 Å². The summed E-state index contributed by atoms with van der Waals surface area (Å²) in [6, 6.07) is 7.80. The van der Waals surface area contributed by atoms with Gasteiger partial charge < -0.3 is 14.5 Å². The molecule has 1 spiro atoms. The number of piperidine rings is 2. The Morgan fingerprint density at radius 3 is 2.68 bits per heavy atom. The van der Waals surface area contributed by atoms with E-state index in [0.29, 0.717) is 19.6 Å². The first kappa shape index (κ1) is 17.9. The number of aryl methyl sites for hydroxylation is 1. The molecule has 2 amide bonds. The Morgan fingerprint density at radius 2 is 2.00 bits per heavy atom. The fraction of sp³-hybridized carbons (Fsp3) is 0.600. The fourth-order valence-corrected chi connectivity index (χ4v) is 4.06. The molecule has 0 radical (unpaired) electrons. The first-order valence-electron chi connectivity index (χ1n) is 9.16. The van der Waals surface area contributed by atoms with Crippen molar-refractivity contribution in [3.05, 3.63) is 35.4 Å². The summed E-state index contributed by atoms with van der Waals surface area (Å²) >= 11 is 0. The Kier molecular flexibility index (Phi) is 5.42. The monoisotopic (exact) mass is 344 g/mol.